The van der Waals surface area contributed by atoms with Crippen LogP contribution in [-0.4, -0.2) is 61.3 Å². The molecular weight excluding hydrogens is 536 g/mol. The van der Waals surface area contributed by atoms with Crippen molar-refractivity contribution in [1.29, 1.82) is 0 Å². The molecule has 2 N–H and O–H groups in total. The van der Waals surface area contributed by atoms with Gasteiger partial charge in [-0.2, -0.15) is 4.31 Å². The molecule has 3 aromatic carbocycles. The van der Waals surface area contributed by atoms with Crippen LogP contribution in [0.5, 0.6) is 0 Å². The van der Waals surface area contributed by atoms with E-state index in [9.17, 15) is 13.2 Å². The molecule has 0 atom stereocenters. The second-order valence-electron chi connectivity index (χ2n) is 10.9. The Morgan fingerprint density at radius 3 is 2.51 bits per heavy atom. The predicted octanol–water partition coefficient (Wildman–Crippen LogP) is 4.85. The Hall–Kier alpha value is -3.92. The molecule has 8 nitrogen and oxygen atoms in total. The summed E-state index contributed by atoms with van der Waals surface area (Å²) < 4.78 is 35.6. The second-order valence-corrected chi connectivity index (χ2v) is 12.8. The first-order valence-corrected chi connectivity index (χ1v) is 15.6. The zero-order chi connectivity index (χ0) is 28.0. The minimum absolute atomic E-state index is 0.165. The lowest BCUT2D eigenvalue weighted by molar-refractivity contribution is -0.110. The molecule has 210 valence electrons. The SMILES string of the molecule is O=C1Nc2ccc(S(=O)(=O)N3CCc4ccccc4C3)cc2/C1=C(\OCCN1CCCC1)c1cc2ccccc2[nH]1. The van der Waals surface area contributed by atoms with Gasteiger partial charge in [-0.3, -0.25) is 9.69 Å². The number of para-hydroxylation sites is 1. The number of nitrogens with zero attached hydrogens (tertiary/aromatic N) is 2. The summed E-state index contributed by atoms with van der Waals surface area (Å²) in [6, 6.07) is 22.7. The number of aromatic nitrogens is 1. The van der Waals surface area contributed by atoms with Crippen molar-refractivity contribution >= 4 is 43.9 Å². The third-order valence-electron chi connectivity index (χ3n) is 8.32. The van der Waals surface area contributed by atoms with Crippen molar-refractivity contribution in [3.63, 3.8) is 0 Å². The van der Waals surface area contributed by atoms with E-state index < -0.39 is 10.0 Å². The van der Waals surface area contributed by atoms with E-state index in [4.69, 9.17) is 4.74 Å². The minimum Gasteiger partial charge on any atom is -0.489 e. The molecule has 0 aliphatic carbocycles. The first-order chi connectivity index (χ1) is 20.0. The number of rotatable bonds is 7. The highest BCUT2D eigenvalue weighted by Crippen LogP contribution is 2.40. The van der Waals surface area contributed by atoms with Gasteiger partial charge >= 0.3 is 0 Å². The molecule has 1 fully saturated rings. The molecule has 3 aliphatic rings. The van der Waals surface area contributed by atoms with Gasteiger partial charge in [-0.1, -0.05) is 42.5 Å². The number of aromatic amines is 1. The Kier molecular flexibility index (Phi) is 6.65. The first kappa shape index (κ1) is 26.0. The van der Waals surface area contributed by atoms with Gasteiger partial charge in [0.1, 0.15) is 6.61 Å². The number of hydrogen-bond acceptors (Lipinski definition) is 5. The molecule has 0 bridgehead atoms. The summed E-state index contributed by atoms with van der Waals surface area (Å²) in [4.78, 5) is 19.4. The molecule has 0 radical (unpaired) electrons. The van der Waals surface area contributed by atoms with Gasteiger partial charge in [0, 0.05) is 41.8 Å². The minimum atomic E-state index is -3.79. The van der Waals surface area contributed by atoms with Gasteiger partial charge in [0.25, 0.3) is 5.91 Å². The number of likely N-dealkylation sites (tertiary alicyclic amines) is 1. The highest BCUT2D eigenvalue weighted by molar-refractivity contribution is 7.89. The average molecular weight is 569 g/mol. The van der Waals surface area contributed by atoms with Crippen LogP contribution in [0, 0.1) is 0 Å². The number of anilines is 1. The van der Waals surface area contributed by atoms with E-state index in [0.29, 0.717) is 54.4 Å². The maximum atomic E-state index is 13.8. The number of fused-ring (bicyclic) bond motifs is 3. The fourth-order valence-corrected chi connectivity index (χ4v) is 7.57. The molecule has 9 heteroatoms. The fourth-order valence-electron chi connectivity index (χ4n) is 6.12. The Morgan fingerprint density at radius 2 is 1.68 bits per heavy atom. The molecule has 4 aromatic rings. The normalized spacial score (nSPS) is 18.8. The van der Waals surface area contributed by atoms with E-state index in [1.54, 1.807) is 18.2 Å². The summed E-state index contributed by atoms with van der Waals surface area (Å²) in [5.74, 6) is 0.120. The number of carbonyl (C=O) groups excluding carboxylic acids is 1. The van der Waals surface area contributed by atoms with E-state index >= 15 is 0 Å². The standard InChI is InChI=1S/C32H32N4O4S/c37-32-30(31(40-18-17-35-14-5-6-15-35)29-19-23-8-3-4-10-27(23)33-29)26-20-25(11-12-28(26)34-32)41(38,39)36-16-13-22-7-1-2-9-24(22)21-36/h1-4,7-12,19-20,33H,5-6,13-18,21H2,(H,34,37)/b31-30+. The molecule has 4 heterocycles. The van der Waals surface area contributed by atoms with Gasteiger partial charge in [-0.05, 0) is 73.8 Å². The molecule has 0 spiro atoms. The lowest BCUT2D eigenvalue weighted by atomic mass is 10.0. The number of ether oxygens (including phenoxy) is 1. The van der Waals surface area contributed by atoms with Gasteiger partial charge in [0.2, 0.25) is 10.0 Å². The Bertz CT molecular complexity index is 1750. The molecule has 1 aromatic heterocycles. The molecule has 41 heavy (non-hydrogen) atoms. The molecule has 3 aliphatic heterocycles. The van der Waals surface area contributed by atoms with Crippen molar-refractivity contribution in [2.24, 2.45) is 0 Å². The topological polar surface area (TPSA) is 94.7 Å². The van der Waals surface area contributed by atoms with Crippen molar-refractivity contribution in [2.45, 2.75) is 30.7 Å². The van der Waals surface area contributed by atoms with Gasteiger partial charge in [-0.15, -0.1) is 0 Å². The number of amides is 1. The quantitative estimate of drug-likeness (QED) is 0.246. The molecule has 0 saturated carbocycles. The largest absolute Gasteiger partial charge is 0.489 e. The fraction of sp³-hybridized carbons (Fsp3) is 0.281. The third kappa shape index (κ3) is 4.84. The second kappa shape index (κ2) is 10.5. The van der Waals surface area contributed by atoms with Crippen molar-refractivity contribution in [3.05, 3.63) is 95.2 Å². The monoisotopic (exact) mass is 568 g/mol. The van der Waals surface area contributed by atoms with Crippen LogP contribution in [0.4, 0.5) is 5.69 Å². The first-order valence-electron chi connectivity index (χ1n) is 14.2. The summed E-state index contributed by atoms with van der Waals surface area (Å²) in [5, 5.41) is 3.93. The van der Waals surface area contributed by atoms with Gasteiger partial charge in [0.05, 0.1) is 16.2 Å². The van der Waals surface area contributed by atoms with Crippen LogP contribution in [0.3, 0.4) is 0 Å². The van der Waals surface area contributed by atoms with Crippen molar-refractivity contribution < 1.29 is 17.9 Å². The number of hydrogen-bond donors (Lipinski definition) is 2. The Balaban J connectivity index is 1.27. The highest BCUT2D eigenvalue weighted by Gasteiger charge is 2.34. The van der Waals surface area contributed by atoms with Crippen LogP contribution in [-0.2, 0) is 32.5 Å². The van der Waals surface area contributed by atoms with Gasteiger partial charge < -0.3 is 15.0 Å². The average Bonchev–Trinajstić information content (AvgIpc) is 3.73. The molecule has 1 amide bonds. The summed E-state index contributed by atoms with van der Waals surface area (Å²) in [6.07, 6.45) is 3.04. The van der Waals surface area contributed by atoms with Crippen LogP contribution in [0.1, 0.15) is 35.2 Å². The zero-order valence-corrected chi connectivity index (χ0v) is 23.5. The summed E-state index contributed by atoms with van der Waals surface area (Å²) >= 11 is 0. The van der Waals surface area contributed by atoms with E-state index in [0.717, 1.165) is 36.1 Å². The van der Waals surface area contributed by atoms with Crippen molar-refractivity contribution in [1.82, 2.24) is 14.2 Å². The lowest BCUT2D eigenvalue weighted by Gasteiger charge is -2.28. The van der Waals surface area contributed by atoms with Crippen molar-refractivity contribution in [3.8, 4) is 0 Å². The third-order valence-corrected chi connectivity index (χ3v) is 10.2. The predicted molar refractivity (Wildman–Crippen MR) is 160 cm³/mol. The van der Waals surface area contributed by atoms with Gasteiger partial charge in [-0.25, -0.2) is 8.42 Å². The van der Waals surface area contributed by atoms with Crippen LogP contribution < -0.4 is 5.32 Å². The maximum Gasteiger partial charge on any atom is 0.260 e. The molecular formula is C32H32N4O4S. The number of nitrogens with one attached hydrogen (secondary N) is 2. The Labute approximate surface area is 239 Å². The highest BCUT2D eigenvalue weighted by atomic mass is 32.2. The van der Waals surface area contributed by atoms with Crippen LogP contribution in [0.15, 0.2) is 77.7 Å². The van der Waals surface area contributed by atoms with E-state index in [2.05, 4.69) is 21.3 Å². The Morgan fingerprint density at radius 1 is 0.902 bits per heavy atom. The van der Waals surface area contributed by atoms with Crippen LogP contribution >= 0.6 is 0 Å². The summed E-state index contributed by atoms with van der Waals surface area (Å²) in [5.41, 5.74) is 5.27. The van der Waals surface area contributed by atoms with Crippen LogP contribution in [0.25, 0.3) is 22.2 Å². The molecule has 7 rings (SSSR count). The lowest BCUT2D eigenvalue weighted by Crippen LogP contribution is -2.35. The summed E-state index contributed by atoms with van der Waals surface area (Å²) in [6.45, 7) is 4.02. The molecule has 0 unspecified atom stereocenters. The summed E-state index contributed by atoms with van der Waals surface area (Å²) in [7, 11) is -3.79. The maximum absolute atomic E-state index is 13.8. The number of benzene rings is 3. The molecule has 1 saturated heterocycles. The number of H-pyrrole nitrogens is 1. The smallest absolute Gasteiger partial charge is 0.260 e. The van der Waals surface area contributed by atoms with E-state index in [1.165, 1.54) is 22.7 Å². The number of carbonyl (C=O) groups is 1. The van der Waals surface area contributed by atoms with Crippen molar-refractivity contribution in [2.75, 3.05) is 38.1 Å². The number of sulfonamides is 1. The van der Waals surface area contributed by atoms with Gasteiger partial charge in [0.15, 0.2) is 5.76 Å². The van der Waals surface area contributed by atoms with E-state index in [-0.39, 0.29) is 10.8 Å². The van der Waals surface area contributed by atoms with E-state index in [1.807, 2.05) is 48.5 Å². The zero-order valence-electron chi connectivity index (χ0n) is 22.7. The van der Waals surface area contributed by atoms with Crippen LogP contribution in [0.2, 0.25) is 0 Å².